The lowest BCUT2D eigenvalue weighted by molar-refractivity contribution is -0.139. The third kappa shape index (κ3) is 4.69. The minimum atomic E-state index is -4.77. The number of piperidine rings is 1. The smallest absolute Gasteiger partial charge is 0.370 e. The number of fused-ring (bicyclic) bond motifs is 1. The van der Waals surface area contributed by atoms with Crippen LogP contribution in [0.15, 0.2) is 35.4 Å². The summed E-state index contributed by atoms with van der Waals surface area (Å²) in [5.41, 5.74) is -1.22. The van der Waals surface area contributed by atoms with Crippen LogP contribution in [0.4, 0.5) is 18.9 Å². The molecule has 1 fully saturated rings. The van der Waals surface area contributed by atoms with Crippen molar-refractivity contribution in [3.8, 4) is 6.07 Å². The zero-order chi connectivity index (χ0) is 25.4. The van der Waals surface area contributed by atoms with E-state index in [9.17, 15) is 28.0 Å². The predicted octanol–water partition coefficient (Wildman–Crippen LogP) is 3.36. The molecule has 0 bridgehead atoms. The van der Waals surface area contributed by atoms with Crippen LogP contribution in [0.25, 0.3) is 11.0 Å². The Bertz CT molecular complexity index is 1370. The second-order valence-corrected chi connectivity index (χ2v) is 8.73. The van der Waals surface area contributed by atoms with Crippen LogP contribution < -0.4 is 15.8 Å². The number of pyridine rings is 3. The van der Waals surface area contributed by atoms with Gasteiger partial charge in [0.2, 0.25) is 0 Å². The fourth-order valence-corrected chi connectivity index (χ4v) is 4.56. The Kier molecular flexibility index (Phi) is 6.23. The van der Waals surface area contributed by atoms with Crippen molar-refractivity contribution in [1.82, 2.24) is 20.3 Å². The highest BCUT2D eigenvalue weighted by Gasteiger charge is 2.38. The molecule has 3 aromatic heterocycles. The van der Waals surface area contributed by atoms with Gasteiger partial charge in [0.25, 0.3) is 11.5 Å². The van der Waals surface area contributed by atoms with Gasteiger partial charge in [-0.15, -0.1) is 0 Å². The molecule has 3 aromatic rings. The summed E-state index contributed by atoms with van der Waals surface area (Å²) in [5, 5.41) is 12.5. The number of nitriles is 1. The standard InChI is InChI=1S/C24H23F3N6O2/c1-14-19(24(25,26)27)22(35)32-18-9-15(11-31-20(14)18)10-23(13-28)5-7-33(8-6-23)16-3-4-17(30-12-16)21(34)29-2/h3-4,9,11-12H,5-8,10H2,1-2H3,(H,29,34)(H,32,35). The van der Waals surface area contributed by atoms with Crippen molar-refractivity contribution in [3.63, 3.8) is 0 Å². The SMILES string of the molecule is CNC(=O)c1ccc(N2CCC(C#N)(Cc3cnc4c(C)c(C(F)(F)F)c(=O)[nH]c4c3)CC2)cn1. The number of aryl methyl sites for hydroxylation is 1. The Hall–Kier alpha value is -3.94. The Morgan fingerprint density at radius 1 is 1.26 bits per heavy atom. The lowest BCUT2D eigenvalue weighted by Crippen LogP contribution is -2.40. The van der Waals surface area contributed by atoms with E-state index < -0.39 is 22.7 Å². The van der Waals surface area contributed by atoms with E-state index in [0.717, 1.165) is 5.69 Å². The number of carbonyl (C=O) groups is 1. The lowest BCUT2D eigenvalue weighted by atomic mass is 9.75. The number of amides is 1. The van der Waals surface area contributed by atoms with E-state index in [4.69, 9.17) is 0 Å². The number of aromatic amines is 1. The minimum Gasteiger partial charge on any atom is -0.370 e. The molecule has 35 heavy (non-hydrogen) atoms. The van der Waals surface area contributed by atoms with Gasteiger partial charge in [0.15, 0.2) is 0 Å². The van der Waals surface area contributed by atoms with E-state index in [0.29, 0.717) is 43.6 Å². The summed E-state index contributed by atoms with van der Waals surface area (Å²) in [4.78, 5) is 36.5. The largest absolute Gasteiger partial charge is 0.422 e. The van der Waals surface area contributed by atoms with Crippen molar-refractivity contribution in [1.29, 1.82) is 5.26 Å². The molecule has 0 aromatic carbocycles. The third-order valence-corrected chi connectivity index (χ3v) is 6.51. The minimum absolute atomic E-state index is 0.0780. The van der Waals surface area contributed by atoms with E-state index in [1.54, 1.807) is 18.3 Å². The number of rotatable bonds is 4. The topological polar surface area (TPSA) is 115 Å². The van der Waals surface area contributed by atoms with Crippen LogP contribution in [0, 0.1) is 23.7 Å². The highest BCUT2D eigenvalue weighted by molar-refractivity contribution is 5.92. The molecule has 1 aliphatic heterocycles. The van der Waals surface area contributed by atoms with E-state index >= 15 is 0 Å². The van der Waals surface area contributed by atoms with Crippen LogP contribution in [0.5, 0.6) is 0 Å². The molecule has 1 aliphatic rings. The molecule has 0 radical (unpaired) electrons. The summed E-state index contributed by atoms with van der Waals surface area (Å²) < 4.78 is 39.7. The van der Waals surface area contributed by atoms with Crippen LogP contribution in [-0.4, -0.2) is 41.0 Å². The van der Waals surface area contributed by atoms with E-state index in [2.05, 4.69) is 31.2 Å². The molecule has 0 aliphatic carbocycles. The van der Waals surface area contributed by atoms with Gasteiger partial charge >= 0.3 is 6.18 Å². The Balaban J connectivity index is 1.52. The number of H-pyrrole nitrogens is 1. The molecule has 4 rings (SSSR count). The molecule has 0 saturated carbocycles. The molecule has 11 heteroatoms. The van der Waals surface area contributed by atoms with Crippen molar-refractivity contribution in [2.24, 2.45) is 5.41 Å². The van der Waals surface area contributed by atoms with Gasteiger partial charge in [0.1, 0.15) is 11.3 Å². The predicted molar refractivity (Wildman–Crippen MR) is 123 cm³/mol. The number of aromatic nitrogens is 3. The number of hydrogen-bond donors (Lipinski definition) is 2. The highest BCUT2D eigenvalue weighted by Crippen LogP contribution is 2.37. The Morgan fingerprint density at radius 2 is 1.97 bits per heavy atom. The van der Waals surface area contributed by atoms with E-state index in [1.165, 1.54) is 20.2 Å². The van der Waals surface area contributed by atoms with Gasteiger partial charge in [-0.3, -0.25) is 14.6 Å². The van der Waals surface area contributed by atoms with Crippen molar-refractivity contribution < 1.29 is 18.0 Å². The zero-order valence-electron chi connectivity index (χ0n) is 19.2. The van der Waals surface area contributed by atoms with E-state index in [-0.39, 0.29) is 22.5 Å². The number of hydrogen-bond acceptors (Lipinski definition) is 6. The maximum atomic E-state index is 13.2. The second kappa shape index (κ2) is 9.02. The van der Waals surface area contributed by atoms with Crippen molar-refractivity contribution >= 4 is 22.6 Å². The lowest BCUT2D eigenvalue weighted by Gasteiger charge is -2.38. The van der Waals surface area contributed by atoms with Crippen LogP contribution in [0.1, 0.15) is 40.0 Å². The third-order valence-electron chi connectivity index (χ3n) is 6.51. The van der Waals surface area contributed by atoms with Crippen molar-refractivity contribution in [2.45, 2.75) is 32.4 Å². The Labute approximate surface area is 198 Å². The van der Waals surface area contributed by atoms with Crippen molar-refractivity contribution in [3.05, 3.63) is 63.3 Å². The maximum absolute atomic E-state index is 13.2. The molecule has 182 valence electrons. The fraction of sp³-hybridized carbons (Fsp3) is 0.375. The molecule has 2 N–H and O–H groups in total. The first-order chi connectivity index (χ1) is 16.6. The van der Waals surface area contributed by atoms with E-state index in [1.807, 2.05) is 6.07 Å². The molecule has 8 nitrogen and oxygen atoms in total. The van der Waals surface area contributed by atoms with Gasteiger partial charge in [0.05, 0.1) is 34.4 Å². The van der Waals surface area contributed by atoms with Gasteiger partial charge in [0, 0.05) is 26.3 Å². The molecule has 0 atom stereocenters. The molecular formula is C24H23F3N6O2. The average Bonchev–Trinajstić information content (AvgIpc) is 2.83. The van der Waals surface area contributed by atoms with Crippen LogP contribution >= 0.6 is 0 Å². The van der Waals surface area contributed by atoms with Crippen LogP contribution in [0.2, 0.25) is 0 Å². The monoisotopic (exact) mass is 484 g/mol. The van der Waals surface area contributed by atoms with Gasteiger partial charge in [-0.2, -0.15) is 18.4 Å². The number of carbonyl (C=O) groups excluding carboxylic acids is 1. The van der Waals surface area contributed by atoms with Gasteiger partial charge in [-0.1, -0.05) is 0 Å². The molecular weight excluding hydrogens is 461 g/mol. The molecule has 1 saturated heterocycles. The normalized spacial score (nSPS) is 15.6. The van der Waals surface area contributed by atoms with Crippen LogP contribution in [-0.2, 0) is 12.6 Å². The first kappa shape index (κ1) is 24.2. The van der Waals surface area contributed by atoms with Crippen molar-refractivity contribution in [2.75, 3.05) is 25.0 Å². The number of alkyl halides is 3. The summed E-state index contributed by atoms with van der Waals surface area (Å²) in [6.45, 7) is 2.43. The zero-order valence-corrected chi connectivity index (χ0v) is 19.2. The average molecular weight is 484 g/mol. The molecule has 1 amide bonds. The molecule has 0 spiro atoms. The molecule has 4 heterocycles. The van der Waals surface area contributed by atoms with Gasteiger partial charge in [-0.05, 0) is 55.5 Å². The summed E-state index contributed by atoms with van der Waals surface area (Å²) in [6.07, 6.45) is -0.200. The number of halogens is 3. The summed E-state index contributed by atoms with van der Waals surface area (Å²) >= 11 is 0. The number of nitrogens with zero attached hydrogens (tertiary/aromatic N) is 4. The first-order valence-corrected chi connectivity index (χ1v) is 11.0. The Morgan fingerprint density at radius 3 is 2.54 bits per heavy atom. The summed E-state index contributed by atoms with van der Waals surface area (Å²) in [7, 11) is 1.54. The number of nitrogens with one attached hydrogen (secondary N) is 2. The fourth-order valence-electron chi connectivity index (χ4n) is 4.56. The quantitative estimate of drug-likeness (QED) is 0.587. The van der Waals surface area contributed by atoms with Crippen LogP contribution in [0.3, 0.4) is 0 Å². The van der Waals surface area contributed by atoms with Gasteiger partial charge in [-0.25, -0.2) is 4.98 Å². The van der Waals surface area contributed by atoms with Gasteiger partial charge < -0.3 is 15.2 Å². The maximum Gasteiger partial charge on any atom is 0.422 e. The first-order valence-electron chi connectivity index (χ1n) is 11.0. The highest BCUT2D eigenvalue weighted by atomic mass is 19.4. The molecule has 0 unspecified atom stereocenters. The summed E-state index contributed by atoms with van der Waals surface area (Å²) in [6, 6.07) is 7.49. The second-order valence-electron chi connectivity index (χ2n) is 8.73. The summed E-state index contributed by atoms with van der Waals surface area (Å²) in [5.74, 6) is -0.270. The number of anilines is 1.